The quantitative estimate of drug-likeness (QED) is 0.311. The molecule has 0 spiro atoms. The second kappa shape index (κ2) is 11.5. The molecule has 1 amide bonds. The number of piperazine rings is 1. The van der Waals surface area contributed by atoms with Gasteiger partial charge in [-0.05, 0) is 17.7 Å². The predicted molar refractivity (Wildman–Crippen MR) is 152 cm³/mol. The minimum absolute atomic E-state index is 0.0177. The second-order valence-corrected chi connectivity index (χ2v) is 11.7. The first kappa shape index (κ1) is 28.5. The molecule has 3 heterocycles. The third kappa shape index (κ3) is 6.03. The van der Waals surface area contributed by atoms with Gasteiger partial charge in [0.1, 0.15) is 31.5 Å². The Kier molecular flexibility index (Phi) is 7.96. The summed E-state index contributed by atoms with van der Waals surface area (Å²) in [5, 5.41) is 2.79. The Morgan fingerprint density at radius 2 is 1.80 bits per heavy atom. The fourth-order valence-electron chi connectivity index (χ4n) is 4.61. The normalized spacial score (nSPS) is 16.6. The van der Waals surface area contributed by atoms with E-state index in [-0.39, 0.29) is 43.1 Å². The van der Waals surface area contributed by atoms with Gasteiger partial charge in [-0.25, -0.2) is 37.1 Å². The fourth-order valence-corrected chi connectivity index (χ4v) is 6.18. The van der Waals surface area contributed by atoms with Crippen LogP contribution in [-0.2, 0) is 27.3 Å². The Balaban J connectivity index is 1.40. The van der Waals surface area contributed by atoms with Crippen molar-refractivity contribution in [3.05, 3.63) is 78.4 Å². The molecule has 0 aliphatic carbocycles. The third-order valence-corrected chi connectivity index (χ3v) is 9.01. The summed E-state index contributed by atoms with van der Waals surface area (Å²) < 4.78 is 56.6. The molecule has 10 nitrogen and oxygen atoms in total. The number of halogens is 2. The van der Waals surface area contributed by atoms with Crippen LogP contribution in [0.15, 0.2) is 72.1 Å². The molecule has 1 fully saturated rings. The molecule has 1 N–H and O–H groups in total. The maximum atomic E-state index is 14.0. The van der Waals surface area contributed by atoms with E-state index in [0.29, 0.717) is 22.5 Å². The fraction of sp³-hybridized carbons (Fsp3) is 0.296. The van der Waals surface area contributed by atoms with E-state index in [2.05, 4.69) is 25.3 Å². The standard InChI is InChI=1S/C27H28BF2N7O3S/c1-2-27(29,30)19-5-3-18(4-6-19)13-33-26(38)23-16-36(24-15-32-22-14-31-17-34-25(22)35-24)11-12-37(23)41(39,40)21-9-7-20(28)8-10-21/h3-10,14-15,17,23H,2,11-13,16,28H2,1H3,(H,33,38)/t23-/m1/s1. The van der Waals surface area contributed by atoms with Gasteiger partial charge in [-0.3, -0.25) is 4.79 Å². The van der Waals surface area contributed by atoms with E-state index in [4.69, 9.17) is 0 Å². The van der Waals surface area contributed by atoms with E-state index in [1.807, 2.05) is 7.85 Å². The van der Waals surface area contributed by atoms with Crippen LogP contribution >= 0.6 is 0 Å². The summed E-state index contributed by atoms with van der Waals surface area (Å²) in [5.41, 5.74) is 2.30. The zero-order valence-electron chi connectivity index (χ0n) is 22.5. The third-order valence-electron chi connectivity index (χ3n) is 7.08. The number of benzene rings is 2. The molecule has 1 aliphatic rings. The minimum atomic E-state index is -4.02. The molecule has 2 aromatic heterocycles. The minimum Gasteiger partial charge on any atom is -0.352 e. The molecule has 1 saturated heterocycles. The van der Waals surface area contributed by atoms with Crippen molar-refractivity contribution in [2.24, 2.45) is 0 Å². The number of hydrogen-bond donors (Lipinski definition) is 1. The van der Waals surface area contributed by atoms with Gasteiger partial charge >= 0.3 is 0 Å². The van der Waals surface area contributed by atoms with E-state index in [1.165, 1.54) is 60.2 Å². The van der Waals surface area contributed by atoms with E-state index < -0.39 is 27.9 Å². The Hall–Kier alpha value is -4.04. The van der Waals surface area contributed by atoms with Crippen molar-refractivity contribution in [1.29, 1.82) is 0 Å². The van der Waals surface area contributed by atoms with Gasteiger partial charge in [0.05, 0.1) is 17.3 Å². The molecular formula is C27H28BF2N7O3S. The molecule has 0 radical (unpaired) electrons. The lowest BCUT2D eigenvalue weighted by molar-refractivity contribution is -0.125. The molecule has 1 atom stereocenters. The van der Waals surface area contributed by atoms with E-state index >= 15 is 0 Å². The van der Waals surface area contributed by atoms with Crippen molar-refractivity contribution in [3.63, 3.8) is 0 Å². The maximum Gasteiger partial charge on any atom is 0.273 e. The first-order valence-corrected chi connectivity index (χ1v) is 14.5. The summed E-state index contributed by atoms with van der Waals surface area (Å²) >= 11 is 0. The first-order chi connectivity index (χ1) is 19.6. The van der Waals surface area contributed by atoms with Crippen molar-refractivity contribution in [3.8, 4) is 0 Å². The van der Waals surface area contributed by atoms with Gasteiger partial charge in [0.2, 0.25) is 15.9 Å². The Bertz CT molecular complexity index is 1660. The number of fused-ring (bicyclic) bond motifs is 1. The maximum absolute atomic E-state index is 14.0. The molecule has 212 valence electrons. The summed E-state index contributed by atoms with van der Waals surface area (Å²) in [4.78, 5) is 32.4. The number of amides is 1. The van der Waals surface area contributed by atoms with E-state index in [1.54, 1.807) is 23.2 Å². The number of sulfonamides is 1. The van der Waals surface area contributed by atoms with Crippen molar-refractivity contribution in [2.45, 2.75) is 36.7 Å². The summed E-state index contributed by atoms with van der Waals surface area (Å²) in [5.74, 6) is -3.01. The summed E-state index contributed by atoms with van der Waals surface area (Å²) in [6.07, 6.45) is 4.12. The Morgan fingerprint density at radius 1 is 1.07 bits per heavy atom. The number of nitrogens with zero attached hydrogens (tertiary/aromatic N) is 6. The molecule has 0 bridgehead atoms. The highest BCUT2D eigenvalue weighted by Crippen LogP contribution is 2.31. The highest BCUT2D eigenvalue weighted by Gasteiger charge is 2.40. The Morgan fingerprint density at radius 3 is 2.51 bits per heavy atom. The van der Waals surface area contributed by atoms with Crippen LogP contribution in [0.4, 0.5) is 14.6 Å². The van der Waals surface area contributed by atoms with Crippen LogP contribution in [0.1, 0.15) is 24.5 Å². The van der Waals surface area contributed by atoms with Crippen LogP contribution in [0.3, 0.4) is 0 Å². The molecule has 1 aliphatic heterocycles. The van der Waals surface area contributed by atoms with Gasteiger partial charge in [0.25, 0.3) is 5.92 Å². The monoisotopic (exact) mass is 579 g/mol. The van der Waals surface area contributed by atoms with Crippen molar-refractivity contribution in [1.82, 2.24) is 29.6 Å². The number of aromatic nitrogens is 4. The zero-order valence-corrected chi connectivity index (χ0v) is 23.4. The van der Waals surface area contributed by atoms with E-state index in [0.717, 1.165) is 5.46 Å². The van der Waals surface area contributed by atoms with Gasteiger partial charge < -0.3 is 10.2 Å². The van der Waals surface area contributed by atoms with Crippen LogP contribution in [-0.4, -0.2) is 72.1 Å². The van der Waals surface area contributed by atoms with Crippen LogP contribution in [0.25, 0.3) is 11.2 Å². The number of anilines is 1. The van der Waals surface area contributed by atoms with Gasteiger partial charge in [0.15, 0.2) is 5.65 Å². The lowest BCUT2D eigenvalue weighted by Gasteiger charge is -2.40. The summed E-state index contributed by atoms with van der Waals surface area (Å²) in [7, 11) is -2.16. The zero-order chi connectivity index (χ0) is 29.2. The molecule has 2 aromatic carbocycles. The highest BCUT2D eigenvalue weighted by molar-refractivity contribution is 7.89. The average molecular weight is 579 g/mol. The second-order valence-electron chi connectivity index (χ2n) is 9.82. The first-order valence-electron chi connectivity index (χ1n) is 13.1. The molecule has 41 heavy (non-hydrogen) atoms. The molecular weight excluding hydrogens is 551 g/mol. The van der Waals surface area contributed by atoms with Gasteiger partial charge in [-0.15, -0.1) is 0 Å². The van der Waals surface area contributed by atoms with Crippen LogP contribution in [0, 0.1) is 0 Å². The molecule has 14 heteroatoms. The van der Waals surface area contributed by atoms with Crippen LogP contribution < -0.4 is 15.7 Å². The smallest absolute Gasteiger partial charge is 0.273 e. The summed E-state index contributed by atoms with van der Waals surface area (Å²) in [6, 6.07) is 11.1. The SMILES string of the molecule is Bc1ccc(S(=O)(=O)N2CCN(c3cnc4cncnc4n3)C[C@@H]2C(=O)NCc2ccc(C(F)(F)CC)cc2)cc1. The topological polar surface area (TPSA) is 121 Å². The van der Waals surface area contributed by atoms with Gasteiger partial charge in [-0.1, -0.05) is 48.8 Å². The average Bonchev–Trinajstić information content (AvgIpc) is 2.99. The van der Waals surface area contributed by atoms with Crippen molar-refractivity contribution >= 4 is 46.2 Å². The van der Waals surface area contributed by atoms with Gasteiger partial charge in [0, 0.05) is 38.2 Å². The predicted octanol–water partition coefficient (Wildman–Crippen LogP) is 1.38. The summed E-state index contributed by atoms with van der Waals surface area (Å²) in [6.45, 7) is 1.77. The number of rotatable bonds is 8. The number of hydrogen-bond acceptors (Lipinski definition) is 8. The molecule has 0 unspecified atom stereocenters. The number of nitrogens with one attached hydrogen (secondary N) is 1. The van der Waals surface area contributed by atoms with Gasteiger partial charge in [-0.2, -0.15) is 4.31 Å². The van der Waals surface area contributed by atoms with Crippen LogP contribution in [0.5, 0.6) is 0 Å². The molecule has 5 rings (SSSR count). The van der Waals surface area contributed by atoms with Crippen molar-refractivity contribution in [2.75, 3.05) is 24.5 Å². The Labute approximate surface area is 237 Å². The van der Waals surface area contributed by atoms with E-state index in [9.17, 15) is 22.0 Å². The number of carbonyl (C=O) groups is 1. The molecule has 4 aromatic rings. The van der Waals surface area contributed by atoms with Crippen molar-refractivity contribution < 1.29 is 22.0 Å². The lowest BCUT2D eigenvalue weighted by Crippen LogP contribution is -2.60. The molecule has 0 saturated carbocycles. The largest absolute Gasteiger partial charge is 0.352 e. The number of alkyl halides is 2. The number of carbonyl (C=O) groups excluding carboxylic acids is 1. The van der Waals surface area contributed by atoms with Crippen LogP contribution in [0.2, 0.25) is 0 Å². The highest BCUT2D eigenvalue weighted by atomic mass is 32.2. The lowest BCUT2D eigenvalue weighted by atomic mass is 9.97.